The second-order valence-corrected chi connectivity index (χ2v) is 7.29. The topological polar surface area (TPSA) is 94.0 Å². The molecular formula is C24H20N4O4+2. The highest BCUT2D eigenvalue weighted by Crippen LogP contribution is 2.20. The van der Waals surface area contributed by atoms with E-state index in [1.54, 1.807) is 36.4 Å². The molecule has 0 aliphatic heterocycles. The van der Waals surface area contributed by atoms with Crippen molar-refractivity contribution in [1.82, 2.24) is 0 Å². The van der Waals surface area contributed by atoms with Crippen LogP contribution in [-0.4, -0.2) is 9.85 Å². The number of hydrogen-bond acceptors (Lipinski definition) is 4. The lowest BCUT2D eigenvalue weighted by molar-refractivity contribution is -0.689. The third-order valence-electron chi connectivity index (χ3n) is 5.20. The number of benzene rings is 2. The van der Waals surface area contributed by atoms with E-state index in [4.69, 9.17) is 0 Å². The zero-order chi connectivity index (χ0) is 22.5. The van der Waals surface area contributed by atoms with Gasteiger partial charge in [-0.1, -0.05) is 24.3 Å². The van der Waals surface area contributed by atoms with Gasteiger partial charge in [-0.15, -0.1) is 0 Å². The molecule has 4 rings (SSSR count). The lowest BCUT2D eigenvalue weighted by Gasteiger charge is -2.03. The summed E-state index contributed by atoms with van der Waals surface area (Å²) in [6.45, 7) is 0.810. The molecule has 2 aromatic carbocycles. The van der Waals surface area contributed by atoms with E-state index in [9.17, 15) is 20.2 Å². The summed E-state index contributed by atoms with van der Waals surface area (Å²) in [6, 6.07) is 21.3. The molecule has 0 aliphatic carbocycles. The fourth-order valence-corrected chi connectivity index (χ4v) is 3.55. The lowest BCUT2D eigenvalue weighted by atomic mass is 10.1. The molecule has 2 aromatic heterocycles. The van der Waals surface area contributed by atoms with Gasteiger partial charge in [0.15, 0.2) is 37.9 Å². The molecule has 2 heterocycles. The van der Waals surface area contributed by atoms with Crippen molar-refractivity contribution < 1.29 is 19.0 Å². The van der Waals surface area contributed by atoms with Crippen LogP contribution in [-0.2, 0) is 13.1 Å². The van der Waals surface area contributed by atoms with E-state index in [1.165, 1.54) is 12.1 Å². The molecule has 4 aromatic rings. The van der Waals surface area contributed by atoms with Gasteiger partial charge in [0.25, 0.3) is 11.4 Å². The van der Waals surface area contributed by atoms with Gasteiger partial charge in [0, 0.05) is 36.4 Å². The highest BCUT2D eigenvalue weighted by molar-refractivity contribution is 5.61. The Labute approximate surface area is 183 Å². The van der Waals surface area contributed by atoms with Gasteiger partial charge in [0.05, 0.1) is 21.0 Å². The van der Waals surface area contributed by atoms with Gasteiger partial charge in [-0.05, 0) is 23.3 Å². The summed E-state index contributed by atoms with van der Waals surface area (Å²) >= 11 is 0. The van der Waals surface area contributed by atoms with E-state index in [0.717, 1.165) is 11.1 Å². The Hall–Kier alpha value is -4.46. The number of rotatable bonds is 7. The SMILES string of the molecule is O=[N+]([O-])c1ccccc1C[n+]1ccc(-c2cc[n+](Cc3ccccc3[N+](=O)[O-])cc2)cc1. The van der Waals surface area contributed by atoms with Gasteiger partial charge in [-0.3, -0.25) is 20.2 Å². The summed E-state index contributed by atoms with van der Waals surface area (Å²) in [7, 11) is 0. The maximum Gasteiger partial charge on any atom is 0.278 e. The number of nitrogens with zero attached hydrogens (tertiary/aromatic N) is 4. The van der Waals surface area contributed by atoms with Gasteiger partial charge >= 0.3 is 0 Å². The number of aromatic nitrogens is 2. The molecule has 0 aliphatic rings. The molecule has 0 radical (unpaired) electrons. The summed E-state index contributed by atoms with van der Waals surface area (Å²) in [5, 5.41) is 22.4. The summed E-state index contributed by atoms with van der Waals surface area (Å²) in [6.07, 6.45) is 7.56. The number of nitro groups is 2. The van der Waals surface area contributed by atoms with E-state index < -0.39 is 0 Å². The third kappa shape index (κ3) is 4.65. The van der Waals surface area contributed by atoms with Crippen LogP contribution in [0.15, 0.2) is 97.6 Å². The summed E-state index contributed by atoms with van der Waals surface area (Å²) in [5.74, 6) is 0. The van der Waals surface area contributed by atoms with Crippen LogP contribution in [0.2, 0.25) is 0 Å². The molecule has 0 saturated carbocycles. The Bertz CT molecular complexity index is 1170. The highest BCUT2D eigenvalue weighted by atomic mass is 16.6. The molecule has 0 spiro atoms. The molecule has 0 amide bonds. The molecule has 0 N–H and O–H groups in total. The first kappa shape index (κ1) is 20.8. The predicted octanol–water partition coefficient (Wildman–Crippen LogP) is 3.84. The number of para-hydroxylation sites is 2. The Morgan fingerprint density at radius 1 is 0.562 bits per heavy atom. The molecule has 8 heteroatoms. The first-order valence-electron chi connectivity index (χ1n) is 9.94. The van der Waals surface area contributed by atoms with E-state index >= 15 is 0 Å². The van der Waals surface area contributed by atoms with Crippen molar-refractivity contribution in [3.8, 4) is 11.1 Å². The largest absolute Gasteiger partial charge is 0.278 e. The van der Waals surface area contributed by atoms with E-state index in [2.05, 4.69) is 0 Å². The van der Waals surface area contributed by atoms with Crippen molar-refractivity contribution >= 4 is 11.4 Å². The number of hydrogen-bond donors (Lipinski definition) is 0. The van der Waals surface area contributed by atoms with Gasteiger partial charge in [-0.25, -0.2) is 9.13 Å². The van der Waals surface area contributed by atoms with Crippen LogP contribution in [0, 0.1) is 20.2 Å². The quantitative estimate of drug-likeness (QED) is 0.254. The molecule has 0 fully saturated rings. The molecular weight excluding hydrogens is 408 g/mol. The maximum atomic E-state index is 11.2. The minimum Gasteiger partial charge on any atom is -0.258 e. The smallest absolute Gasteiger partial charge is 0.258 e. The Kier molecular flexibility index (Phi) is 5.94. The fourth-order valence-electron chi connectivity index (χ4n) is 3.55. The molecule has 0 atom stereocenters. The first-order valence-corrected chi connectivity index (χ1v) is 9.94. The van der Waals surface area contributed by atoms with Crippen LogP contribution in [0.5, 0.6) is 0 Å². The normalized spacial score (nSPS) is 10.6. The molecule has 0 bridgehead atoms. The van der Waals surface area contributed by atoms with Gasteiger partial charge in [-0.2, -0.15) is 0 Å². The van der Waals surface area contributed by atoms with Crippen molar-refractivity contribution in [3.63, 3.8) is 0 Å². The van der Waals surface area contributed by atoms with Crippen LogP contribution in [0.25, 0.3) is 11.1 Å². The second-order valence-electron chi connectivity index (χ2n) is 7.29. The van der Waals surface area contributed by atoms with E-state index in [1.807, 2.05) is 58.2 Å². The minimum atomic E-state index is -0.368. The molecule has 8 nitrogen and oxygen atoms in total. The Morgan fingerprint density at radius 2 is 0.906 bits per heavy atom. The van der Waals surface area contributed by atoms with Crippen LogP contribution in [0.1, 0.15) is 11.1 Å². The van der Waals surface area contributed by atoms with Gasteiger partial charge in [0.2, 0.25) is 0 Å². The van der Waals surface area contributed by atoms with Crippen LogP contribution < -0.4 is 9.13 Å². The van der Waals surface area contributed by atoms with Crippen LogP contribution in [0.3, 0.4) is 0 Å². The van der Waals surface area contributed by atoms with Crippen molar-refractivity contribution in [2.45, 2.75) is 13.1 Å². The third-order valence-corrected chi connectivity index (χ3v) is 5.20. The lowest BCUT2D eigenvalue weighted by Crippen LogP contribution is -2.34. The minimum absolute atomic E-state index is 0.107. The first-order chi connectivity index (χ1) is 15.5. The standard InChI is InChI=1S/C24H20N4O4/c29-27(30)23-7-3-1-5-21(23)17-25-13-9-19(10-14-25)20-11-15-26(16-12-20)18-22-6-2-4-8-24(22)28(31)32/h1-16H,17-18H2/q+2. The van der Waals surface area contributed by atoms with E-state index in [-0.39, 0.29) is 21.2 Å². The van der Waals surface area contributed by atoms with Crippen LogP contribution >= 0.6 is 0 Å². The predicted molar refractivity (Wildman–Crippen MR) is 117 cm³/mol. The molecule has 0 unspecified atom stereocenters. The molecule has 0 saturated heterocycles. The van der Waals surface area contributed by atoms with Crippen molar-refractivity contribution in [1.29, 1.82) is 0 Å². The average molecular weight is 428 g/mol. The van der Waals surface area contributed by atoms with Crippen LogP contribution in [0.4, 0.5) is 11.4 Å². The fraction of sp³-hybridized carbons (Fsp3) is 0.0833. The second kappa shape index (κ2) is 9.13. The monoisotopic (exact) mass is 428 g/mol. The Morgan fingerprint density at radius 3 is 1.25 bits per heavy atom. The summed E-state index contributed by atoms with van der Waals surface area (Å²) < 4.78 is 3.78. The van der Waals surface area contributed by atoms with Gasteiger partial charge < -0.3 is 0 Å². The maximum absolute atomic E-state index is 11.2. The van der Waals surface area contributed by atoms with Crippen molar-refractivity contribution in [3.05, 3.63) is 129 Å². The Balaban J connectivity index is 1.48. The molecule has 158 valence electrons. The van der Waals surface area contributed by atoms with Gasteiger partial charge in [0.1, 0.15) is 0 Å². The van der Waals surface area contributed by atoms with Crippen molar-refractivity contribution in [2.75, 3.05) is 0 Å². The number of nitro benzene ring substituents is 2. The van der Waals surface area contributed by atoms with E-state index in [0.29, 0.717) is 24.2 Å². The zero-order valence-corrected chi connectivity index (χ0v) is 17.1. The van der Waals surface area contributed by atoms with Crippen molar-refractivity contribution in [2.24, 2.45) is 0 Å². The summed E-state index contributed by atoms with van der Waals surface area (Å²) in [5.41, 5.74) is 3.51. The molecule has 32 heavy (non-hydrogen) atoms. The highest BCUT2D eigenvalue weighted by Gasteiger charge is 2.17. The number of pyridine rings is 2. The zero-order valence-electron chi connectivity index (χ0n) is 17.1. The summed E-state index contributed by atoms with van der Waals surface area (Å²) in [4.78, 5) is 21.7. The average Bonchev–Trinajstić information content (AvgIpc) is 2.81.